The van der Waals surface area contributed by atoms with Gasteiger partial charge in [-0.05, 0) is 5.92 Å². The molecule has 0 aromatic rings. The zero-order valence-corrected chi connectivity index (χ0v) is 8.33. The number of aliphatic carboxylic acids is 1. The molecule has 0 atom stereocenters. The van der Waals surface area contributed by atoms with E-state index in [0.717, 1.165) is 12.2 Å². The maximum atomic E-state index is 10.2. The molecule has 0 spiro atoms. The quantitative estimate of drug-likeness (QED) is 0.613. The molecule has 4 nitrogen and oxygen atoms in total. The third kappa shape index (κ3) is 7.18. The van der Waals surface area contributed by atoms with Crippen molar-refractivity contribution in [3.8, 4) is 0 Å². The summed E-state index contributed by atoms with van der Waals surface area (Å²) >= 11 is 0. The molecule has 0 rings (SSSR count). The Hall–Kier alpha value is -1.19. The van der Waals surface area contributed by atoms with Crippen LogP contribution in [0.15, 0.2) is 12.0 Å². The second-order valence-corrected chi connectivity index (χ2v) is 3.19. The Morgan fingerprint density at radius 1 is 1.62 bits per heavy atom. The Bertz CT molecular complexity index is 187. The van der Waals surface area contributed by atoms with E-state index >= 15 is 0 Å². The van der Waals surface area contributed by atoms with Crippen LogP contribution in [0.3, 0.4) is 0 Å². The summed E-state index contributed by atoms with van der Waals surface area (Å²) in [6.07, 6.45) is 2.41. The minimum absolute atomic E-state index is 0.0784. The summed E-state index contributed by atoms with van der Waals surface area (Å²) in [7, 11) is 1.58. The lowest BCUT2D eigenvalue weighted by molar-refractivity contribution is -0.135. The largest absolute Gasteiger partial charge is 0.500 e. The van der Waals surface area contributed by atoms with Crippen LogP contribution in [0.5, 0.6) is 0 Å². The summed E-state index contributed by atoms with van der Waals surface area (Å²) in [6.45, 7) is 4.07. The lowest BCUT2D eigenvalue weighted by Gasteiger charge is -2.08. The van der Waals surface area contributed by atoms with Crippen LogP contribution in [0.4, 0.5) is 0 Å². The predicted octanol–water partition coefficient (Wildman–Crippen LogP) is 1.19. The molecular weight excluding hydrogens is 170 g/mol. The number of rotatable bonds is 6. The van der Waals surface area contributed by atoms with Gasteiger partial charge in [0.15, 0.2) is 0 Å². The van der Waals surface area contributed by atoms with Crippen LogP contribution >= 0.6 is 0 Å². The summed E-state index contributed by atoms with van der Waals surface area (Å²) in [5.41, 5.74) is 0. The molecule has 0 aromatic heterocycles. The third-order valence-electron chi connectivity index (χ3n) is 1.39. The summed E-state index contributed by atoms with van der Waals surface area (Å²) in [4.78, 5) is 10.2. The standard InChI is InChI=1S/C9H17NO3/c1-7(2)4-8(13-3)5-10-6-9(11)12/h5,7,10H,4,6H2,1-3H3,(H,11,12). The van der Waals surface area contributed by atoms with Crippen molar-refractivity contribution in [2.75, 3.05) is 13.7 Å². The van der Waals surface area contributed by atoms with E-state index in [2.05, 4.69) is 19.2 Å². The Kier molecular flexibility index (Phi) is 5.76. The number of carbonyl (C=O) groups is 1. The van der Waals surface area contributed by atoms with Crippen LogP contribution in [0.25, 0.3) is 0 Å². The van der Waals surface area contributed by atoms with E-state index in [4.69, 9.17) is 9.84 Å². The summed E-state index contributed by atoms with van der Waals surface area (Å²) in [6, 6.07) is 0. The molecule has 0 aliphatic rings. The number of methoxy groups -OCH3 is 1. The van der Waals surface area contributed by atoms with E-state index in [9.17, 15) is 4.79 Å². The molecule has 0 saturated carbocycles. The van der Waals surface area contributed by atoms with Gasteiger partial charge >= 0.3 is 5.97 Å². The molecule has 0 unspecified atom stereocenters. The van der Waals surface area contributed by atoms with Crippen molar-refractivity contribution in [1.29, 1.82) is 0 Å². The Balaban J connectivity index is 3.85. The first-order chi connectivity index (χ1) is 6.06. The van der Waals surface area contributed by atoms with Gasteiger partial charge in [0.2, 0.25) is 0 Å². The van der Waals surface area contributed by atoms with Gasteiger partial charge in [-0.15, -0.1) is 0 Å². The highest BCUT2D eigenvalue weighted by atomic mass is 16.5. The minimum atomic E-state index is -0.878. The highest BCUT2D eigenvalue weighted by molar-refractivity contribution is 5.69. The van der Waals surface area contributed by atoms with Gasteiger partial charge in [-0.3, -0.25) is 4.79 Å². The summed E-state index contributed by atoms with van der Waals surface area (Å²) in [5, 5.41) is 11.0. The van der Waals surface area contributed by atoms with Crippen molar-refractivity contribution >= 4 is 5.97 Å². The van der Waals surface area contributed by atoms with Gasteiger partial charge < -0.3 is 15.2 Å². The van der Waals surface area contributed by atoms with Crippen LogP contribution in [-0.4, -0.2) is 24.7 Å². The molecule has 0 fully saturated rings. The molecule has 0 amide bonds. The zero-order valence-electron chi connectivity index (χ0n) is 8.33. The topological polar surface area (TPSA) is 58.6 Å². The monoisotopic (exact) mass is 187 g/mol. The number of carboxylic acids is 1. The van der Waals surface area contributed by atoms with Gasteiger partial charge in [0, 0.05) is 12.6 Å². The van der Waals surface area contributed by atoms with Gasteiger partial charge in [-0.2, -0.15) is 0 Å². The van der Waals surface area contributed by atoms with Crippen LogP contribution < -0.4 is 5.32 Å². The molecule has 76 valence electrons. The molecule has 0 bridgehead atoms. The number of ether oxygens (including phenoxy) is 1. The smallest absolute Gasteiger partial charge is 0.322 e. The van der Waals surface area contributed by atoms with Crippen molar-refractivity contribution in [2.45, 2.75) is 20.3 Å². The number of allylic oxidation sites excluding steroid dienone is 1. The fourth-order valence-electron chi connectivity index (χ4n) is 0.856. The van der Waals surface area contributed by atoms with Crippen molar-refractivity contribution in [3.05, 3.63) is 12.0 Å². The fourth-order valence-corrected chi connectivity index (χ4v) is 0.856. The fraction of sp³-hybridized carbons (Fsp3) is 0.667. The zero-order chi connectivity index (χ0) is 10.3. The minimum Gasteiger partial charge on any atom is -0.500 e. The average Bonchev–Trinajstić information content (AvgIpc) is 2.01. The molecule has 0 heterocycles. The predicted molar refractivity (Wildman–Crippen MR) is 50.2 cm³/mol. The van der Waals surface area contributed by atoms with E-state index in [0.29, 0.717) is 5.92 Å². The molecule has 0 aliphatic heterocycles. The van der Waals surface area contributed by atoms with Crippen molar-refractivity contribution in [1.82, 2.24) is 5.32 Å². The first-order valence-electron chi connectivity index (χ1n) is 4.24. The summed E-state index contributed by atoms with van der Waals surface area (Å²) < 4.78 is 5.05. The Labute approximate surface area is 78.6 Å². The van der Waals surface area contributed by atoms with Crippen molar-refractivity contribution in [3.63, 3.8) is 0 Å². The second-order valence-electron chi connectivity index (χ2n) is 3.19. The number of hydrogen-bond donors (Lipinski definition) is 2. The molecular formula is C9H17NO3. The van der Waals surface area contributed by atoms with Crippen LogP contribution in [0.1, 0.15) is 20.3 Å². The SMILES string of the molecule is COC(=CNCC(=O)O)CC(C)C. The van der Waals surface area contributed by atoms with E-state index in [1.807, 2.05) is 0 Å². The molecule has 0 aliphatic carbocycles. The maximum absolute atomic E-state index is 10.2. The third-order valence-corrected chi connectivity index (χ3v) is 1.39. The van der Waals surface area contributed by atoms with Gasteiger partial charge in [-0.25, -0.2) is 0 Å². The Morgan fingerprint density at radius 2 is 2.23 bits per heavy atom. The van der Waals surface area contributed by atoms with Gasteiger partial charge in [0.25, 0.3) is 0 Å². The maximum Gasteiger partial charge on any atom is 0.322 e. The highest BCUT2D eigenvalue weighted by Gasteiger charge is 2.00. The highest BCUT2D eigenvalue weighted by Crippen LogP contribution is 2.09. The molecule has 0 saturated heterocycles. The Morgan fingerprint density at radius 3 is 2.62 bits per heavy atom. The van der Waals surface area contributed by atoms with Crippen LogP contribution in [0, 0.1) is 5.92 Å². The number of nitrogens with one attached hydrogen (secondary N) is 1. The van der Waals surface area contributed by atoms with Gasteiger partial charge in [-0.1, -0.05) is 13.8 Å². The van der Waals surface area contributed by atoms with Crippen molar-refractivity contribution < 1.29 is 14.6 Å². The lowest BCUT2D eigenvalue weighted by atomic mass is 10.1. The second kappa shape index (κ2) is 6.34. The molecule has 0 aromatic carbocycles. The van der Waals surface area contributed by atoms with Crippen LogP contribution in [0.2, 0.25) is 0 Å². The van der Waals surface area contributed by atoms with Gasteiger partial charge in [0.05, 0.1) is 7.11 Å². The van der Waals surface area contributed by atoms with E-state index < -0.39 is 5.97 Å². The van der Waals surface area contributed by atoms with Crippen molar-refractivity contribution in [2.24, 2.45) is 5.92 Å². The lowest BCUT2D eigenvalue weighted by Crippen LogP contribution is -2.17. The number of hydrogen-bond acceptors (Lipinski definition) is 3. The normalized spacial score (nSPS) is 11.5. The average molecular weight is 187 g/mol. The van der Waals surface area contributed by atoms with Gasteiger partial charge in [0.1, 0.15) is 12.3 Å². The molecule has 13 heavy (non-hydrogen) atoms. The molecule has 2 N–H and O–H groups in total. The van der Waals surface area contributed by atoms with E-state index in [1.54, 1.807) is 13.3 Å². The first-order valence-corrected chi connectivity index (χ1v) is 4.24. The number of carboxylic acid groups (broad SMARTS) is 1. The van der Waals surface area contributed by atoms with E-state index in [-0.39, 0.29) is 6.54 Å². The summed E-state index contributed by atoms with van der Waals surface area (Å²) in [5.74, 6) is 0.394. The van der Waals surface area contributed by atoms with E-state index in [1.165, 1.54) is 0 Å². The molecule has 4 heteroatoms. The molecule has 0 radical (unpaired) electrons. The van der Waals surface area contributed by atoms with Crippen LogP contribution in [-0.2, 0) is 9.53 Å². The first kappa shape index (κ1) is 11.8.